The van der Waals surface area contributed by atoms with Gasteiger partial charge in [0.1, 0.15) is 17.3 Å². The van der Waals surface area contributed by atoms with Crippen molar-refractivity contribution in [1.82, 2.24) is 0 Å². The first-order valence-electron chi connectivity index (χ1n) is 7.20. The molecule has 1 atom stereocenters. The number of aliphatic hydroxyl groups is 1. The molecule has 2 aromatic carbocycles. The lowest BCUT2D eigenvalue weighted by Gasteiger charge is -2.15. The number of fused-ring (bicyclic) bond motifs is 1. The van der Waals surface area contributed by atoms with Crippen LogP contribution in [0, 0.1) is 5.82 Å². The molecule has 0 saturated heterocycles. The molecule has 2 aromatic rings. The molecule has 0 radical (unpaired) electrons. The molecule has 0 fully saturated rings. The summed E-state index contributed by atoms with van der Waals surface area (Å²) in [5.41, 5.74) is 0.251. The Hall–Kier alpha value is -1.77. The maximum atomic E-state index is 13.2. The Morgan fingerprint density at radius 2 is 1.96 bits per heavy atom. The highest BCUT2D eigenvalue weighted by Gasteiger charge is 2.36. The third-order valence-corrected chi connectivity index (χ3v) is 5.66. The van der Waals surface area contributed by atoms with E-state index < -0.39 is 32.4 Å². The van der Waals surface area contributed by atoms with Crippen LogP contribution in [0.2, 0.25) is 5.02 Å². The maximum absolute atomic E-state index is 13.2. The average Bonchev–Trinajstić information content (AvgIpc) is 2.93. The van der Waals surface area contributed by atoms with Gasteiger partial charge in [-0.25, -0.2) is 12.8 Å². The summed E-state index contributed by atoms with van der Waals surface area (Å²) in [6.07, 6.45) is -0.738. The molecule has 4 nitrogen and oxygen atoms in total. The number of rotatable bonds is 4. The molecular formula is C16H12ClF3O4S. The van der Waals surface area contributed by atoms with Crippen LogP contribution < -0.4 is 4.74 Å². The normalized spacial score (nSPS) is 17.0. The summed E-state index contributed by atoms with van der Waals surface area (Å²) in [5, 5.41) is 9.88. The minimum atomic E-state index is -4.86. The standard InChI is InChI=1S/C16H12ClF3O4S/c17-10-7-8(1-3-11(10)18)24-13-5-6-14(25(22,23)16(19)20)15-9(13)2-4-12(15)21/h1,3,5-7,12,16,21H,2,4H2/t12-/m1/s1. The van der Waals surface area contributed by atoms with Crippen LogP contribution in [0.3, 0.4) is 0 Å². The first kappa shape index (κ1) is 18.0. The number of aliphatic hydroxyl groups excluding tert-OH is 1. The van der Waals surface area contributed by atoms with Crippen molar-refractivity contribution in [1.29, 1.82) is 0 Å². The second kappa shape index (κ2) is 6.51. The van der Waals surface area contributed by atoms with E-state index in [0.717, 1.165) is 12.1 Å². The van der Waals surface area contributed by atoms with Gasteiger partial charge in [0.25, 0.3) is 0 Å². The molecule has 0 aliphatic heterocycles. The molecule has 25 heavy (non-hydrogen) atoms. The minimum absolute atomic E-state index is 0.0778. The molecule has 3 rings (SSSR count). The van der Waals surface area contributed by atoms with E-state index in [0.29, 0.717) is 5.56 Å². The van der Waals surface area contributed by atoms with Crippen molar-refractivity contribution in [3.8, 4) is 11.5 Å². The first-order chi connectivity index (χ1) is 11.7. The Balaban J connectivity index is 2.08. The zero-order valence-electron chi connectivity index (χ0n) is 12.5. The fourth-order valence-corrected chi connectivity index (χ4v) is 3.96. The van der Waals surface area contributed by atoms with E-state index in [-0.39, 0.29) is 34.9 Å². The molecule has 9 heteroatoms. The fraction of sp³-hybridized carbons (Fsp3) is 0.250. The van der Waals surface area contributed by atoms with Gasteiger partial charge in [-0.3, -0.25) is 0 Å². The van der Waals surface area contributed by atoms with Crippen LogP contribution in [0.15, 0.2) is 35.2 Å². The first-order valence-corrected chi connectivity index (χ1v) is 9.13. The smallest absolute Gasteiger partial charge is 0.341 e. The number of sulfone groups is 1. The second-order valence-electron chi connectivity index (χ2n) is 5.49. The third-order valence-electron chi connectivity index (χ3n) is 3.94. The number of benzene rings is 2. The van der Waals surface area contributed by atoms with Crippen LogP contribution >= 0.6 is 11.6 Å². The van der Waals surface area contributed by atoms with Crippen LogP contribution in [-0.4, -0.2) is 19.3 Å². The van der Waals surface area contributed by atoms with Crippen LogP contribution in [-0.2, 0) is 16.3 Å². The predicted molar refractivity (Wildman–Crippen MR) is 84.4 cm³/mol. The monoisotopic (exact) mass is 392 g/mol. The van der Waals surface area contributed by atoms with Crippen molar-refractivity contribution < 1.29 is 31.4 Å². The molecule has 1 N–H and O–H groups in total. The molecule has 0 heterocycles. The largest absolute Gasteiger partial charge is 0.457 e. The summed E-state index contributed by atoms with van der Waals surface area (Å²) < 4.78 is 68.2. The summed E-state index contributed by atoms with van der Waals surface area (Å²) in [4.78, 5) is -0.605. The molecule has 0 unspecified atom stereocenters. The van der Waals surface area contributed by atoms with E-state index in [2.05, 4.69) is 0 Å². The van der Waals surface area contributed by atoms with Gasteiger partial charge in [-0.05, 0) is 37.1 Å². The Labute approximate surface area is 146 Å². The molecule has 0 aromatic heterocycles. The number of alkyl halides is 2. The lowest BCUT2D eigenvalue weighted by molar-refractivity contribution is 0.176. The van der Waals surface area contributed by atoms with Crippen molar-refractivity contribution in [2.45, 2.75) is 29.6 Å². The van der Waals surface area contributed by atoms with E-state index >= 15 is 0 Å². The van der Waals surface area contributed by atoms with E-state index in [4.69, 9.17) is 16.3 Å². The quantitative estimate of drug-likeness (QED) is 0.845. The number of hydrogen-bond acceptors (Lipinski definition) is 4. The van der Waals surface area contributed by atoms with Crippen LogP contribution in [0.1, 0.15) is 23.7 Å². The molecule has 0 amide bonds. The van der Waals surface area contributed by atoms with E-state index in [1.165, 1.54) is 18.2 Å². The Kier molecular flexibility index (Phi) is 4.70. The molecule has 1 aliphatic carbocycles. The lowest BCUT2D eigenvalue weighted by Crippen LogP contribution is -2.15. The minimum Gasteiger partial charge on any atom is -0.457 e. The maximum Gasteiger partial charge on any atom is 0.341 e. The van der Waals surface area contributed by atoms with Crippen molar-refractivity contribution >= 4 is 21.4 Å². The number of hydrogen-bond donors (Lipinski definition) is 1. The highest BCUT2D eigenvalue weighted by atomic mass is 35.5. The van der Waals surface area contributed by atoms with Crippen LogP contribution in [0.4, 0.5) is 13.2 Å². The molecule has 134 valence electrons. The Morgan fingerprint density at radius 3 is 2.60 bits per heavy atom. The Bertz CT molecular complexity index is 931. The molecular weight excluding hydrogens is 381 g/mol. The third kappa shape index (κ3) is 3.21. The van der Waals surface area contributed by atoms with Gasteiger partial charge in [0, 0.05) is 17.2 Å². The predicted octanol–water partition coefficient (Wildman–Crippen LogP) is 4.25. The summed E-state index contributed by atoms with van der Waals surface area (Å²) in [6.45, 7) is 0. The van der Waals surface area contributed by atoms with Crippen molar-refractivity contribution in [2.75, 3.05) is 0 Å². The fourth-order valence-electron chi connectivity index (χ4n) is 2.78. The summed E-state index contributed by atoms with van der Waals surface area (Å²) in [7, 11) is -4.86. The van der Waals surface area contributed by atoms with Crippen LogP contribution in [0.5, 0.6) is 11.5 Å². The molecule has 0 bridgehead atoms. The zero-order valence-corrected chi connectivity index (χ0v) is 14.1. The summed E-state index contributed by atoms with van der Waals surface area (Å²) in [5.74, 6) is -3.83. The average molecular weight is 393 g/mol. The van der Waals surface area contributed by atoms with Crippen LogP contribution in [0.25, 0.3) is 0 Å². The highest BCUT2D eigenvalue weighted by molar-refractivity contribution is 7.91. The van der Waals surface area contributed by atoms with Gasteiger partial charge in [0.05, 0.1) is 16.0 Å². The van der Waals surface area contributed by atoms with Gasteiger partial charge in [0.15, 0.2) is 0 Å². The SMILES string of the molecule is O=S(=O)(c1ccc(Oc2ccc(F)c(Cl)c2)c2c1[C@H](O)CC2)C(F)F. The molecule has 1 aliphatic rings. The van der Waals surface area contributed by atoms with Gasteiger partial charge >= 0.3 is 5.76 Å². The zero-order chi connectivity index (χ0) is 18.4. The lowest BCUT2D eigenvalue weighted by atomic mass is 10.1. The van der Waals surface area contributed by atoms with Crippen molar-refractivity contribution in [3.63, 3.8) is 0 Å². The van der Waals surface area contributed by atoms with E-state index in [9.17, 15) is 26.7 Å². The number of ether oxygens (including phenoxy) is 1. The summed E-state index contributed by atoms with van der Waals surface area (Å²) in [6, 6.07) is 5.88. The van der Waals surface area contributed by atoms with Gasteiger partial charge in [0.2, 0.25) is 9.84 Å². The van der Waals surface area contributed by atoms with Crippen molar-refractivity contribution in [3.05, 3.63) is 52.3 Å². The number of halogens is 4. The van der Waals surface area contributed by atoms with Gasteiger partial charge in [-0.1, -0.05) is 11.6 Å². The second-order valence-corrected chi connectivity index (χ2v) is 7.79. The molecule has 0 spiro atoms. The Morgan fingerprint density at radius 1 is 1.24 bits per heavy atom. The van der Waals surface area contributed by atoms with Crippen molar-refractivity contribution in [2.24, 2.45) is 0 Å². The highest BCUT2D eigenvalue weighted by Crippen LogP contribution is 2.43. The van der Waals surface area contributed by atoms with E-state index in [1.807, 2.05) is 0 Å². The van der Waals surface area contributed by atoms with Gasteiger partial charge in [-0.2, -0.15) is 8.78 Å². The van der Waals surface area contributed by atoms with Gasteiger partial charge < -0.3 is 9.84 Å². The van der Waals surface area contributed by atoms with E-state index in [1.54, 1.807) is 0 Å². The summed E-state index contributed by atoms with van der Waals surface area (Å²) >= 11 is 5.68. The van der Waals surface area contributed by atoms with Gasteiger partial charge in [-0.15, -0.1) is 0 Å². The molecule has 0 saturated carbocycles. The topological polar surface area (TPSA) is 63.6 Å².